The third-order valence-electron chi connectivity index (χ3n) is 12.3. The van der Waals surface area contributed by atoms with Crippen molar-refractivity contribution in [2.45, 2.75) is 98.1 Å². The van der Waals surface area contributed by atoms with Crippen LogP contribution in [0.5, 0.6) is 11.5 Å². The molecule has 0 radical (unpaired) electrons. The lowest BCUT2D eigenvalue weighted by molar-refractivity contribution is -0.459. The highest BCUT2D eigenvalue weighted by atomic mass is 16.5. The molecule has 5 aromatic rings. The lowest BCUT2D eigenvalue weighted by Gasteiger charge is -2.25. The van der Waals surface area contributed by atoms with Gasteiger partial charge < -0.3 is 25.3 Å². The minimum absolute atomic E-state index is 0.0504. The number of amides is 1. The molecule has 0 aliphatic rings. The van der Waals surface area contributed by atoms with Gasteiger partial charge in [0, 0.05) is 29.9 Å². The molecule has 0 heterocycles. The second-order valence-corrected chi connectivity index (χ2v) is 17.8. The Kier molecular flexibility index (Phi) is 20.0. The average molecular weight is 902 g/mol. The quantitative estimate of drug-likeness (QED) is 0.0162. The third kappa shape index (κ3) is 14.9. The molecule has 0 saturated carbocycles. The Morgan fingerprint density at radius 3 is 1.94 bits per heavy atom. The Labute approximate surface area is 390 Å². The number of benzene rings is 5. The zero-order valence-corrected chi connectivity index (χ0v) is 39.3. The van der Waals surface area contributed by atoms with Crippen molar-refractivity contribution in [3.05, 3.63) is 109 Å². The van der Waals surface area contributed by atoms with Gasteiger partial charge in [-0.05, 0) is 89.6 Å². The third-order valence-corrected chi connectivity index (χ3v) is 12.3. The predicted octanol–water partition coefficient (Wildman–Crippen LogP) is 6.44. The van der Waals surface area contributed by atoms with Crippen LogP contribution >= 0.6 is 0 Å². The molecular weight excluding hydrogens is 831 g/mol. The van der Waals surface area contributed by atoms with Gasteiger partial charge in [-0.15, -0.1) is 0 Å². The molecule has 12 heteroatoms. The lowest BCUT2D eigenvalue weighted by atomic mass is 9.85. The van der Waals surface area contributed by atoms with Crippen molar-refractivity contribution in [3.63, 3.8) is 0 Å². The second kappa shape index (κ2) is 26.0. The first-order chi connectivity index (χ1) is 31.9. The van der Waals surface area contributed by atoms with E-state index in [9.17, 15) is 19.2 Å². The number of rotatable bonds is 28. The number of hydrogen-bond donors (Lipinski definition) is 5. The molecule has 352 valence electrons. The van der Waals surface area contributed by atoms with Crippen LogP contribution in [0.3, 0.4) is 0 Å². The van der Waals surface area contributed by atoms with Crippen LogP contribution in [0.4, 0.5) is 0 Å². The van der Waals surface area contributed by atoms with E-state index in [1.807, 2.05) is 86.6 Å². The Morgan fingerprint density at radius 1 is 0.712 bits per heavy atom. The molecule has 1 amide bonds. The van der Waals surface area contributed by atoms with E-state index in [1.165, 1.54) is 0 Å². The maximum atomic E-state index is 14.3. The molecule has 0 aromatic heterocycles. The van der Waals surface area contributed by atoms with Gasteiger partial charge in [-0.2, -0.15) is 0 Å². The van der Waals surface area contributed by atoms with Crippen LogP contribution in [0.1, 0.15) is 91.0 Å². The summed E-state index contributed by atoms with van der Waals surface area (Å²) >= 11 is 0. The summed E-state index contributed by atoms with van der Waals surface area (Å²) in [6.07, 6.45) is 3.92. The van der Waals surface area contributed by atoms with E-state index in [4.69, 9.17) is 25.7 Å². The van der Waals surface area contributed by atoms with Gasteiger partial charge >= 0.3 is 11.9 Å². The molecule has 0 bridgehead atoms. The Morgan fingerprint density at radius 2 is 1.33 bits per heavy atom. The van der Waals surface area contributed by atoms with Crippen molar-refractivity contribution in [1.82, 2.24) is 5.32 Å². The van der Waals surface area contributed by atoms with Gasteiger partial charge in [0.15, 0.2) is 11.6 Å². The molecule has 0 spiro atoms. The number of ketones is 2. The molecule has 4 atom stereocenters. The Hall–Kier alpha value is -6.27. The van der Waals surface area contributed by atoms with Gasteiger partial charge in [0.2, 0.25) is 5.91 Å². The number of ether oxygens (including phenoxy) is 3. The fraction of sp³-hybridized carbons (Fsp3) is 0.426. The molecular formula is C54H71N5O7+2. The first-order valence-electron chi connectivity index (χ1n) is 23.7. The number of quaternary nitrogens is 1. The van der Waals surface area contributed by atoms with Crippen LogP contribution in [-0.4, -0.2) is 61.7 Å². The van der Waals surface area contributed by atoms with Gasteiger partial charge in [-0.3, -0.25) is 35.6 Å². The number of carbonyl (C=O) groups excluding carboxylic acids is 4. The molecule has 66 heavy (non-hydrogen) atoms. The highest BCUT2D eigenvalue weighted by Gasteiger charge is 2.33. The predicted molar refractivity (Wildman–Crippen MR) is 261 cm³/mol. The number of carbonyl (C=O) groups is 4. The summed E-state index contributed by atoms with van der Waals surface area (Å²) in [4.78, 5) is 59.0. The molecule has 0 aliphatic carbocycles. The summed E-state index contributed by atoms with van der Waals surface area (Å²) in [6.45, 7) is 9.65. The number of nitrogens with one attached hydrogen (secondary N) is 2. The summed E-state index contributed by atoms with van der Waals surface area (Å²) in [6, 6.07) is 32.7. The van der Waals surface area contributed by atoms with Crippen molar-refractivity contribution in [1.29, 1.82) is 0 Å². The second-order valence-electron chi connectivity index (χ2n) is 17.8. The molecule has 0 fully saturated rings. The number of hydrogen-bond acceptors (Lipinski definition) is 7. The summed E-state index contributed by atoms with van der Waals surface area (Å²) in [5, 5.41) is 7.02. The monoisotopic (exact) mass is 902 g/mol. The summed E-state index contributed by atoms with van der Waals surface area (Å²) in [5.41, 5.74) is 17.8. The maximum Gasteiger partial charge on any atom is 0.338 e. The minimum atomic E-state index is -0.925. The van der Waals surface area contributed by atoms with E-state index in [2.05, 4.69) is 60.2 Å². The van der Waals surface area contributed by atoms with Gasteiger partial charge in [-0.1, -0.05) is 125 Å². The van der Waals surface area contributed by atoms with Gasteiger partial charge in [0.05, 0.1) is 31.7 Å². The number of esters is 1. The summed E-state index contributed by atoms with van der Waals surface area (Å²) in [7, 11) is 0. The van der Waals surface area contributed by atoms with E-state index >= 15 is 0 Å². The van der Waals surface area contributed by atoms with Crippen molar-refractivity contribution in [2.75, 3.05) is 26.3 Å². The van der Waals surface area contributed by atoms with E-state index in [0.29, 0.717) is 57.0 Å². The number of nitrogens with two attached hydrogens (primary N) is 2. The lowest BCUT2D eigenvalue weighted by Crippen LogP contribution is -2.78. The molecule has 0 aliphatic heterocycles. The van der Waals surface area contributed by atoms with Gasteiger partial charge in [0.25, 0.3) is 0 Å². The van der Waals surface area contributed by atoms with Crippen LogP contribution in [-0.2, 0) is 30.5 Å². The van der Waals surface area contributed by atoms with Crippen molar-refractivity contribution >= 4 is 50.9 Å². The number of Topliss-reactive ketones (excluding diaryl/α,β-unsaturated/α-hetero) is 2. The van der Waals surface area contributed by atoms with Crippen LogP contribution in [0.2, 0.25) is 0 Å². The smallest absolute Gasteiger partial charge is 0.338 e. The first kappa shape index (κ1) is 50.7. The molecule has 1 unspecified atom stereocenters. The maximum absolute atomic E-state index is 14.3. The van der Waals surface area contributed by atoms with Crippen molar-refractivity contribution < 1.29 is 44.1 Å². The molecule has 9 N–H and O–H groups in total. The van der Waals surface area contributed by atoms with Crippen LogP contribution < -0.4 is 37.0 Å². The van der Waals surface area contributed by atoms with Gasteiger partial charge in [0.1, 0.15) is 24.7 Å². The van der Waals surface area contributed by atoms with Crippen LogP contribution in [0.15, 0.2) is 103 Å². The zero-order chi connectivity index (χ0) is 47.4. The zero-order valence-electron chi connectivity index (χ0n) is 39.3. The van der Waals surface area contributed by atoms with Crippen molar-refractivity contribution in [3.8, 4) is 22.6 Å². The fourth-order valence-electron chi connectivity index (χ4n) is 8.19. The normalized spacial score (nSPS) is 13.1. The number of guanidine groups is 1. The molecule has 12 nitrogen and oxygen atoms in total. The molecule has 5 aromatic carbocycles. The van der Waals surface area contributed by atoms with E-state index in [-0.39, 0.29) is 55.9 Å². The standard InChI is InChI=1S/C54H69N5O7/c1-5-37(4)45(53(63)66-34-38-16-7-6-8-17-38)33-47(61)46(23-15-30-58-54(56)57)59-52(62)41(20-13-14-29-55)32-42(60)35-65-49-27-25-40-19-10-12-22-44(40)51(49)50-43-21-11-9-18-39(43)24-26-48(50)64-31-28-36(2)3/h6-12,16-19,21-22,24-27,36-37,41,45-46H,5,13-15,20,23,28-35,55H2,1-4H3,(H,59,62)(H4,56,57,58)/p+2/t37?,41-,45-,46+/m0/s1. The topological polar surface area (TPSA) is 202 Å². The summed E-state index contributed by atoms with van der Waals surface area (Å²) < 4.78 is 18.7. The van der Waals surface area contributed by atoms with Crippen molar-refractivity contribution in [2.24, 2.45) is 35.1 Å². The van der Waals surface area contributed by atoms with E-state index < -0.39 is 29.8 Å². The number of fused-ring (bicyclic) bond motifs is 2. The SMILES string of the molecule is CCC(C)[C@H](CC(=O)[C@@H](CCC[NH+]=C(N)N)NC(=O)[C@@H](CCCC[NH3+])CC(=O)COc1ccc2ccccc2c1-c1c(OCCC(C)C)ccc2ccccc12)C(=O)OCc1ccccc1. The highest BCUT2D eigenvalue weighted by molar-refractivity contribution is 6.10. The Bertz CT molecular complexity index is 2400. The summed E-state index contributed by atoms with van der Waals surface area (Å²) in [5.74, 6) is -1.22. The van der Waals surface area contributed by atoms with Crippen LogP contribution in [0.25, 0.3) is 32.7 Å². The fourth-order valence-corrected chi connectivity index (χ4v) is 8.19. The average Bonchev–Trinajstić information content (AvgIpc) is 3.32. The van der Waals surface area contributed by atoms with E-state index in [0.717, 1.165) is 56.8 Å². The minimum Gasteiger partial charge on any atom is -0.493 e. The molecule has 0 saturated heterocycles. The Balaban J connectivity index is 1.38. The van der Waals surface area contributed by atoms with E-state index in [1.54, 1.807) is 0 Å². The van der Waals surface area contributed by atoms with Gasteiger partial charge in [-0.25, -0.2) is 0 Å². The van der Waals surface area contributed by atoms with Crippen LogP contribution in [0, 0.1) is 23.7 Å². The molecule has 5 rings (SSSR count). The number of unbranched alkanes of at least 4 members (excludes halogenated alkanes) is 1. The largest absolute Gasteiger partial charge is 0.493 e. The highest BCUT2D eigenvalue weighted by Crippen LogP contribution is 2.45. The first-order valence-corrected chi connectivity index (χ1v) is 23.7.